The summed E-state index contributed by atoms with van der Waals surface area (Å²) in [4.78, 5) is 0. The van der Waals surface area contributed by atoms with Crippen molar-refractivity contribution in [1.29, 1.82) is 5.26 Å². The number of halogens is 2. The number of benzene rings is 1. The lowest BCUT2D eigenvalue weighted by atomic mass is 9.80. The Morgan fingerprint density at radius 2 is 1.80 bits per heavy atom. The second-order valence-corrected chi connectivity index (χ2v) is 5.43. The molecule has 0 radical (unpaired) electrons. The lowest BCUT2D eigenvalue weighted by Crippen LogP contribution is -2.37. The molecule has 2 nitrogen and oxygen atoms in total. The van der Waals surface area contributed by atoms with Crippen LogP contribution in [0.5, 0.6) is 5.75 Å². The van der Waals surface area contributed by atoms with Crippen molar-refractivity contribution in [3.05, 3.63) is 29.8 Å². The molecule has 0 N–H and O–H groups in total. The van der Waals surface area contributed by atoms with Gasteiger partial charge in [0.25, 0.3) is 0 Å². The molecule has 0 aliphatic heterocycles. The summed E-state index contributed by atoms with van der Waals surface area (Å²) < 4.78 is 33.1. The molecule has 0 bridgehead atoms. The third-order valence-corrected chi connectivity index (χ3v) is 4.14. The first-order chi connectivity index (χ1) is 9.55. The first kappa shape index (κ1) is 14.8. The Morgan fingerprint density at radius 1 is 1.20 bits per heavy atom. The van der Waals surface area contributed by atoms with E-state index in [4.69, 9.17) is 10.00 Å². The van der Waals surface area contributed by atoms with Crippen LogP contribution in [0.25, 0.3) is 0 Å². The van der Waals surface area contributed by atoms with Gasteiger partial charge in [0.15, 0.2) is 0 Å². The maximum absolute atomic E-state index is 14.1. The van der Waals surface area contributed by atoms with Crippen LogP contribution < -0.4 is 4.74 Å². The molecule has 2 rings (SSSR count). The molecule has 108 valence electrons. The molecular weight excluding hydrogens is 260 g/mol. The zero-order valence-corrected chi connectivity index (χ0v) is 11.6. The molecule has 1 aliphatic carbocycles. The molecule has 0 aromatic heterocycles. The molecule has 1 aromatic carbocycles. The number of nitrogens with zero attached hydrogens (tertiary/aromatic N) is 1. The molecule has 0 atom stereocenters. The van der Waals surface area contributed by atoms with E-state index >= 15 is 0 Å². The summed E-state index contributed by atoms with van der Waals surface area (Å²) in [6.07, 6.45) is 0.673. The Balaban J connectivity index is 1.98. The number of ether oxygens (including phenoxy) is 1. The topological polar surface area (TPSA) is 33.0 Å². The van der Waals surface area contributed by atoms with Gasteiger partial charge in [-0.1, -0.05) is 13.3 Å². The van der Waals surface area contributed by atoms with E-state index in [1.54, 1.807) is 0 Å². The van der Waals surface area contributed by atoms with Gasteiger partial charge >= 0.3 is 6.11 Å². The minimum absolute atomic E-state index is 0.117. The Hall–Kier alpha value is -1.63. The van der Waals surface area contributed by atoms with Gasteiger partial charge in [-0.2, -0.15) is 14.0 Å². The molecule has 1 saturated carbocycles. The quantitative estimate of drug-likeness (QED) is 0.797. The van der Waals surface area contributed by atoms with Crippen LogP contribution in [0, 0.1) is 23.2 Å². The van der Waals surface area contributed by atoms with Gasteiger partial charge in [0.05, 0.1) is 17.6 Å². The predicted molar refractivity (Wildman–Crippen MR) is 72.5 cm³/mol. The molecule has 0 spiro atoms. The smallest absolute Gasteiger partial charge is 0.400 e. The summed E-state index contributed by atoms with van der Waals surface area (Å²) in [5, 5.41) is 8.67. The van der Waals surface area contributed by atoms with Gasteiger partial charge in [-0.25, -0.2) is 0 Å². The van der Waals surface area contributed by atoms with E-state index in [2.05, 4.69) is 6.92 Å². The van der Waals surface area contributed by atoms with Crippen LogP contribution in [0.3, 0.4) is 0 Å². The second kappa shape index (κ2) is 6.21. The van der Waals surface area contributed by atoms with Gasteiger partial charge in [0.2, 0.25) is 0 Å². The molecule has 4 heteroatoms. The van der Waals surface area contributed by atoms with Gasteiger partial charge in [0, 0.05) is 0 Å². The van der Waals surface area contributed by atoms with E-state index < -0.39 is 12.0 Å². The zero-order chi connectivity index (χ0) is 14.6. The van der Waals surface area contributed by atoms with Gasteiger partial charge in [-0.05, 0) is 55.9 Å². The number of hydrogen-bond acceptors (Lipinski definition) is 2. The fourth-order valence-corrected chi connectivity index (χ4v) is 2.74. The van der Waals surface area contributed by atoms with Crippen molar-refractivity contribution in [2.45, 2.75) is 45.1 Å². The first-order valence-corrected chi connectivity index (χ1v) is 7.12. The first-order valence-electron chi connectivity index (χ1n) is 7.12. The molecule has 0 amide bonds. The van der Waals surface area contributed by atoms with Gasteiger partial charge in [0.1, 0.15) is 5.75 Å². The summed E-state index contributed by atoms with van der Waals surface area (Å²) in [5.74, 6) is -0.00970. The van der Waals surface area contributed by atoms with Crippen molar-refractivity contribution < 1.29 is 13.5 Å². The molecule has 1 aliphatic rings. The highest BCUT2D eigenvalue weighted by atomic mass is 19.3. The Labute approximate surface area is 118 Å². The fourth-order valence-electron chi connectivity index (χ4n) is 2.74. The van der Waals surface area contributed by atoms with Crippen molar-refractivity contribution in [3.63, 3.8) is 0 Å². The Kier molecular flexibility index (Phi) is 4.59. The van der Waals surface area contributed by atoms with Crippen molar-refractivity contribution in [2.24, 2.45) is 11.8 Å². The van der Waals surface area contributed by atoms with Crippen LogP contribution in [0.2, 0.25) is 0 Å². The van der Waals surface area contributed by atoms with Crippen molar-refractivity contribution in [2.75, 3.05) is 0 Å². The van der Waals surface area contributed by atoms with Crippen LogP contribution in [0.1, 0.15) is 44.6 Å². The van der Waals surface area contributed by atoms with Crippen molar-refractivity contribution in [1.82, 2.24) is 0 Å². The largest absolute Gasteiger partial charge is 0.432 e. The van der Waals surface area contributed by atoms with Crippen LogP contribution in [-0.4, -0.2) is 6.11 Å². The third-order valence-electron chi connectivity index (χ3n) is 4.14. The van der Waals surface area contributed by atoms with E-state index in [0.717, 1.165) is 19.3 Å². The molecule has 1 aromatic rings. The summed E-state index contributed by atoms with van der Waals surface area (Å²) in [7, 11) is 0. The van der Waals surface area contributed by atoms with E-state index in [0.29, 0.717) is 24.3 Å². The molecular formula is C16H19F2NO. The number of alkyl halides is 2. The van der Waals surface area contributed by atoms with Crippen molar-refractivity contribution >= 4 is 0 Å². The Morgan fingerprint density at radius 3 is 2.30 bits per heavy atom. The van der Waals surface area contributed by atoms with Crippen molar-refractivity contribution in [3.8, 4) is 11.8 Å². The third kappa shape index (κ3) is 3.47. The van der Waals surface area contributed by atoms with E-state index in [1.807, 2.05) is 6.07 Å². The van der Waals surface area contributed by atoms with Crippen LogP contribution in [-0.2, 0) is 0 Å². The minimum atomic E-state index is -3.13. The van der Waals surface area contributed by atoms with Crippen LogP contribution in [0.15, 0.2) is 24.3 Å². The summed E-state index contributed by atoms with van der Waals surface area (Å²) in [6.45, 7) is 2.11. The van der Waals surface area contributed by atoms with E-state index in [-0.39, 0.29) is 5.75 Å². The highest BCUT2D eigenvalue weighted by molar-refractivity contribution is 5.34. The van der Waals surface area contributed by atoms with E-state index in [9.17, 15) is 8.78 Å². The highest BCUT2D eigenvalue weighted by Crippen LogP contribution is 2.40. The molecule has 0 saturated heterocycles. The summed E-state index contributed by atoms with van der Waals surface area (Å²) >= 11 is 0. The van der Waals surface area contributed by atoms with Gasteiger partial charge in [-0.15, -0.1) is 0 Å². The molecule has 20 heavy (non-hydrogen) atoms. The summed E-state index contributed by atoms with van der Waals surface area (Å²) in [5.41, 5.74) is 0.434. The maximum atomic E-state index is 14.1. The van der Waals surface area contributed by atoms with E-state index in [1.165, 1.54) is 24.3 Å². The molecule has 0 unspecified atom stereocenters. The standard InChI is InChI=1S/C16H19F2NO/c1-2-12-3-7-14(8-4-12)16(17,18)20-15-9-5-13(11-19)6-10-15/h5-6,9-10,12,14H,2-4,7-8H2,1H3. The Bertz CT molecular complexity index is 470. The average Bonchev–Trinajstić information content (AvgIpc) is 2.48. The number of hydrogen-bond donors (Lipinski definition) is 0. The SMILES string of the molecule is CCC1CCC(C(F)(F)Oc2ccc(C#N)cc2)CC1. The minimum Gasteiger partial charge on any atom is -0.432 e. The fraction of sp³-hybridized carbons (Fsp3) is 0.562. The second-order valence-electron chi connectivity index (χ2n) is 5.43. The normalized spacial score (nSPS) is 23.1. The number of rotatable bonds is 4. The lowest BCUT2D eigenvalue weighted by molar-refractivity contribution is -0.223. The monoisotopic (exact) mass is 279 g/mol. The average molecular weight is 279 g/mol. The predicted octanol–water partition coefficient (Wildman–Crippen LogP) is 4.75. The van der Waals surface area contributed by atoms with Gasteiger partial charge < -0.3 is 4.74 Å². The maximum Gasteiger partial charge on any atom is 0.400 e. The molecule has 1 fully saturated rings. The zero-order valence-electron chi connectivity index (χ0n) is 11.6. The number of nitriles is 1. The lowest BCUT2D eigenvalue weighted by Gasteiger charge is -2.32. The van der Waals surface area contributed by atoms with Crippen LogP contribution >= 0.6 is 0 Å². The van der Waals surface area contributed by atoms with Crippen LogP contribution in [0.4, 0.5) is 8.78 Å². The van der Waals surface area contributed by atoms with Gasteiger partial charge in [-0.3, -0.25) is 0 Å². The molecule has 0 heterocycles. The highest BCUT2D eigenvalue weighted by Gasteiger charge is 2.43. The summed E-state index contributed by atoms with van der Waals surface area (Å²) in [6, 6.07) is 7.76.